The molecule has 0 spiro atoms. The predicted molar refractivity (Wildman–Crippen MR) is 198 cm³/mol. The van der Waals surface area contributed by atoms with Crippen molar-refractivity contribution in [3.05, 3.63) is 135 Å². The van der Waals surface area contributed by atoms with Crippen molar-refractivity contribution in [1.29, 1.82) is 0 Å². The molecule has 4 aromatic carbocycles. The lowest BCUT2D eigenvalue weighted by Crippen LogP contribution is -2.48. The molecule has 6 rings (SSSR count). The number of halogens is 5. The van der Waals surface area contributed by atoms with Gasteiger partial charge in [-0.3, -0.25) is 9.59 Å². The number of methoxy groups -OCH3 is 1. The summed E-state index contributed by atoms with van der Waals surface area (Å²) < 4.78 is 341. The second kappa shape index (κ2) is 16.7. The largest absolute Gasteiger partial charge is 0.416 e. The lowest BCUT2D eigenvalue weighted by Gasteiger charge is -2.39. The molecule has 1 aliphatic rings. The van der Waals surface area contributed by atoms with Gasteiger partial charge in [-0.1, -0.05) is 60.4 Å². The van der Waals surface area contributed by atoms with Gasteiger partial charge in [-0.15, -0.1) is 11.8 Å². The highest BCUT2D eigenvalue weighted by Gasteiger charge is 2.32. The Morgan fingerprint density at radius 3 is 2.45 bits per heavy atom. The molecule has 1 aromatic heterocycles. The van der Waals surface area contributed by atoms with E-state index in [4.69, 9.17) is 31.5 Å². The number of rotatable bonds is 12. The fourth-order valence-electron chi connectivity index (χ4n) is 4.41. The molecule has 1 aliphatic heterocycles. The maximum atomic E-state index is 15.8. The van der Waals surface area contributed by atoms with E-state index >= 15 is 9.18 Å². The standard InChI is InChI=1S/C41H40F5N3O3S/c1-27-22-30(14-15-34(27)41(44,45)46)29-12-10-28(11-13-29)24-48(32-16-18-47(19-17-32)20-21-52-2)38(51)25-49-36-9-4-3-7-33(36)37(50)23-39(49)53-26-31-6-5-8-35(42)40(31)43/h3-15,22-23,32H,16-21,24-26H2,1-2H3/i3D,4D,5D,6D,7D,8D,9D,10D,11D,12D,13D,14D,15D,16D2,17D2,18D2,19D2,20D2,21D2,22D,23D,24D2,32D. The molecule has 1 amide bonds. The molecule has 1 fully saturated rings. The van der Waals surface area contributed by atoms with Crippen molar-refractivity contribution >= 4 is 28.6 Å². The number of ether oxygens (including phenoxy) is 1. The normalized spacial score (nSPS) is 27.5. The Bertz CT molecular complexity index is 3560. The van der Waals surface area contributed by atoms with Crippen molar-refractivity contribution in [2.75, 3.05) is 33.2 Å². The average molecular weight is 780 g/mol. The van der Waals surface area contributed by atoms with E-state index < -0.39 is 243 Å². The van der Waals surface area contributed by atoms with Crippen LogP contribution in [0.2, 0.25) is 0 Å². The molecule has 12 heteroatoms. The number of nitrogens with zero attached hydrogens (tertiary/aromatic N) is 3. The van der Waals surface area contributed by atoms with Crippen molar-refractivity contribution < 1.29 is 72.6 Å². The van der Waals surface area contributed by atoms with Crippen LogP contribution in [0.15, 0.2) is 100 Å². The molecule has 0 unspecified atom stereocenters. The Kier molecular flexibility index (Phi) is 4.93. The number of hydrogen-bond donors (Lipinski definition) is 0. The average Bonchev–Trinajstić information content (AvgIpc) is 3.51. The van der Waals surface area contributed by atoms with E-state index in [0.29, 0.717) is 14.0 Å². The molecule has 6 nitrogen and oxygen atoms in total. The van der Waals surface area contributed by atoms with Crippen LogP contribution >= 0.6 is 11.8 Å². The predicted octanol–water partition coefficient (Wildman–Crippen LogP) is 8.71. The van der Waals surface area contributed by atoms with Crippen molar-refractivity contribution in [2.24, 2.45) is 0 Å². The lowest BCUT2D eigenvalue weighted by atomic mass is 9.98. The minimum atomic E-state index is -5.41. The number of aromatic nitrogens is 1. The molecule has 5 aromatic rings. The molecule has 0 atom stereocenters. The van der Waals surface area contributed by atoms with Crippen LogP contribution in [0.5, 0.6) is 0 Å². The molecule has 1 saturated heterocycles. The Morgan fingerprint density at radius 1 is 1.02 bits per heavy atom. The maximum Gasteiger partial charge on any atom is 0.416 e. The van der Waals surface area contributed by atoms with Crippen LogP contribution < -0.4 is 5.43 Å². The van der Waals surface area contributed by atoms with Crippen LogP contribution in [0, 0.1) is 18.6 Å². The highest BCUT2D eigenvalue weighted by Crippen LogP contribution is 2.34. The Morgan fingerprint density at radius 2 is 1.74 bits per heavy atom. The van der Waals surface area contributed by atoms with Gasteiger partial charge in [0.2, 0.25) is 5.91 Å². The maximum absolute atomic E-state index is 15.8. The second-order valence-electron chi connectivity index (χ2n) is 10.3. The molecule has 278 valence electrons. The van der Waals surface area contributed by atoms with E-state index in [1.165, 1.54) is 0 Å². The Hall–Kier alpha value is -4.52. The number of piperidine rings is 1. The number of hydrogen-bond acceptors (Lipinski definition) is 5. The van der Waals surface area contributed by atoms with E-state index in [1.807, 2.05) is 0 Å². The summed E-state index contributed by atoms with van der Waals surface area (Å²) in [5.74, 6) is -7.77. The van der Waals surface area contributed by atoms with Crippen LogP contribution in [0.3, 0.4) is 0 Å². The number of fused-ring (bicyclic) bond motifs is 1. The molecule has 53 heavy (non-hydrogen) atoms. The zero-order valence-corrected chi connectivity index (χ0v) is 27.6. The number of thioether (sulfide) groups is 1. The minimum absolute atomic E-state index is 0.0942. The Balaban J connectivity index is 1.81. The molecule has 0 radical (unpaired) electrons. The number of carbonyl (C=O) groups is 1. The first kappa shape index (κ1) is 15.7. The summed E-state index contributed by atoms with van der Waals surface area (Å²) in [6.45, 7) is -24.5. The summed E-state index contributed by atoms with van der Waals surface area (Å²) in [7, 11) is 0.444. The van der Waals surface area contributed by atoms with Gasteiger partial charge in [0.15, 0.2) is 17.1 Å². The third-order valence-corrected chi connectivity index (χ3v) is 7.84. The summed E-state index contributed by atoms with van der Waals surface area (Å²) in [6, 6.07) is -27.3. The zero-order valence-electron chi connectivity index (χ0n) is 56.8. The van der Waals surface area contributed by atoms with Gasteiger partial charge < -0.3 is 19.1 Å². The monoisotopic (exact) mass is 779 g/mol. The third kappa shape index (κ3) is 9.00. The molecular formula is C41H40F5N3O3S. The van der Waals surface area contributed by atoms with E-state index in [0.717, 1.165) is 0 Å². The molecule has 0 bridgehead atoms. The number of carbonyl (C=O) groups excluding carboxylic acids is 1. The number of likely N-dealkylation sites (tertiary alicyclic amines) is 1. The van der Waals surface area contributed by atoms with Crippen LogP contribution in [-0.2, 0) is 34.5 Å². The first-order valence-electron chi connectivity index (χ1n) is 29.5. The summed E-state index contributed by atoms with van der Waals surface area (Å²) in [5.41, 5.74) is -11.5. The van der Waals surface area contributed by atoms with Gasteiger partial charge in [0.25, 0.3) is 0 Å². The van der Waals surface area contributed by atoms with Crippen LogP contribution in [0.4, 0.5) is 22.0 Å². The summed E-state index contributed by atoms with van der Waals surface area (Å²) in [5, 5.41) is -2.40. The van der Waals surface area contributed by atoms with Gasteiger partial charge in [0.05, 0.1) is 50.1 Å². The van der Waals surface area contributed by atoms with Gasteiger partial charge in [-0.25, -0.2) is 8.78 Å². The zero-order chi connectivity index (χ0) is 64.2. The van der Waals surface area contributed by atoms with E-state index in [9.17, 15) is 32.0 Å². The molecule has 0 N–H and O–H groups in total. The summed E-state index contributed by atoms with van der Waals surface area (Å²) >= 11 is -0.0942. The van der Waals surface area contributed by atoms with Gasteiger partial charge in [0.1, 0.15) is 6.54 Å². The minimum Gasteiger partial charge on any atom is -0.383 e. The van der Waals surface area contributed by atoms with Gasteiger partial charge >= 0.3 is 6.18 Å². The van der Waals surface area contributed by atoms with Crippen LogP contribution in [0.25, 0.3) is 22.0 Å². The highest BCUT2D eigenvalue weighted by atomic mass is 32.2. The van der Waals surface area contributed by atoms with Crippen molar-refractivity contribution in [2.45, 2.75) is 55.7 Å². The quantitative estimate of drug-likeness (QED) is 0.0938. The van der Waals surface area contributed by atoms with Crippen molar-refractivity contribution in [3.8, 4) is 11.1 Å². The van der Waals surface area contributed by atoms with E-state index in [2.05, 4.69) is 4.74 Å². The van der Waals surface area contributed by atoms with Gasteiger partial charge in [0, 0.05) is 75.6 Å². The number of benzene rings is 4. The van der Waals surface area contributed by atoms with Crippen LogP contribution in [-0.4, -0.2) is 59.5 Å². The highest BCUT2D eigenvalue weighted by molar-refractivity contribution is 7.98. The van der Waals surface area contributed by atoms with Crippen molar-refractivity contribution in [3.63, 3.8) is 0 Å². The molecule has 0 aliphatic carbocycles. The smallest absolute Gasteiger partial charge is 0.383 e. The number of alkyl halides is 3. The summed E-state index contributed by atoms with van der Waals surface area (Å²) in [6.07, 6.45) is -15.5. The Labute approximate surface area is 351 Å². The van der Waals surface area contributed by atoms with Gasteiger partial charge in [-0.05, 0) is 66.1 Å². The molecule has 2 heterocycles. The van der Waals surface area contributed by atoms with E-state index in [1.54, 1.807) is 0 Å². The van der Waals surface area contributed by atoms with Gasteiger partial charge in [-0.2, -0.15) is 13.2 Å². The summed E-state index contributed by atoms with van der Waals surface area (Å²) in [4.78, 5) is 27.7. The van der Waals surface area contributed by atoms with Crippen LogP contribution in [0.1, 0.15) is 76.1 Å². The molecular weight excluding hydrogens is 710 g/mol. The molecule has 0 saturated carbocycles. The number of amides is 1. The fraction of sp³-hybridized carbons (Fsp3) is 0.317. The van der Waals surface area contributed by atoms with E-state index in [-0.39, 0.29) is 16.3 Å². The number of para-hydroxylation sites is 1. The third-order valence-electron chi connectivity index (χ3n) is 6.81. The first-order chi connectivity index (χ1) is 37.3. The second-order valence-corrected chi connectivity index (χ2v) is 11.2. The first-order valence-corrected chi connectivity index (χ1v) is 15.5. The topological polar surface area (TPSA) is 54.8 Å². The fourth-order valence-corrected chi connectivity index (χ4v) is 5.36. The SMILES string of the molecule is [2H]c1c([2H])c(F)c(F)c(CSc2c([2H])c(=O)c3c([2H])c([2H])c([2H])c([2H])c3n2CC(=O)N(C([2H])([2H])c2c([2H])c([2H])c(-c3c([2H])c([2H])c(C(F)(F)F)c(C)c3[2H])c([2H])c2[2H])C2([2H])C([2H])([2H])C([2H])([2H])N(C([2H])([2H])C([2H])([2H])OC)C([2H])([2H])C2([2H])[2H])c1[2H]. The van der Waals surface area contributed by atoms with Crippen molar-refractivity contribution in [1.82, 2.24) is 14.4 Å². The lowest BCUT2D eigenvalue weighted by molar-refractivity contribution is -0.138. The number of pyridine rings is 1.